The fraction of sp³-hybridized carbons (Fsp3) is 0.909. The lowest BCUT2D eigenvalue weighted by atomic mass is 9.95. The highest BCUT2D eigenvalue weighted by Gasteiger charge is 2.39. The molecule has 0 aromatic heterocycles. The normalized spacial score (nSPS) is 29.0. The third kappa shape index (κ3) is 2.69. The van der Waals surface area contributed by atoms with E-state index < -0.39 is 0 Å². The molecular weight excluding hydrogens is 190 g/mol. The van der Waals surface area contributed by atoms with E-state index in [0.717, 1.165) is 13.0 Å². The zero-order valence-electron chi connectivity index (χ0n) is 10.2. The number of nitrogens with zero attached hydrogens (tertiary/aromatic N) is 1. The maximum Gasteiger partial charge on any atom is 0.237 e. The second-order valence-electron chi connectivity index (χ2n) is 5.27. The number of rotatable bonds is 2. The van der Waals surface area contributed by atoms with Gasteiger partial charge in [0.2, 0.25) is 5.91 Å². The van der Waals surface area contributed by atoms with Crippen LogP contribution in [-0.4, -0.2) is 41.5 Å². The summed E-state index contributed by atoms with van der Waals surface area (Å²) in [5.74, 6) is 0.119. The Balaban J connectivity index is 2.88. The number of piperazine rings is 1. The number of hydrogen-bond acceptors (Lipinski definition) is 3. The first-order valence-electron chi connectivity index (χ1n) is 5.64. The molecule has 0 bridgehead atoms. The van der Waals surface area contributed by atoms with Crippen LogP contribution in [0.5, 0.6) is 0 Å². The van der Waals surface area contributed by atoms with Gasteiger partial charge < -0.3 is 11.1 Å². The van der Waals surface area contributed by atoms with E-state index in [0.29, 0.717) is 12.6 Å². The zero-order valence-corrected chi connectivity index (χ0v) is 10.2. The molecule has 2 unspecified atom stereocenters. The summed E-state index contributed by atoms with van der Waals surface area (Å²) in [6, 6.07) is 0.304. The summed E-state index contributed by atoms with van der Waals surface area (Å²) in [6.45, 7) is 9.87. The van der Waals surface area contributed by atoms with E-state index in [-0.39, 0.29) is 17.5 Å². The van der Waals surface area contributed by atoms with Gasteiger partial charge in [0.1, 0.15) is 0 Å². The Labute approximate surface area is 92.2 Å². The van der Waals surface area contributed by atoms with Crippen LogP contribution in [0.3, 0.4) is 0 Å². The second-order valence-corrected chi connectivity index (χ2v) is 5.27. The molecule has 0 radical (unpaired) electrons. The van der Waals surface area contributed by atoms with Gasteiger partial charge in [-0.25, -0.2) is 0 Å². The number of nitrogens with one attached hydrogen (secondary N) is 1. The molecule has 4 nitrogen and oxygen atoms in total. The molecule has 88 valence electrons. The first-order chi connectivity index (χ1) is 6.88. The largest absolute Gasteiger partial charge is 0.353 e. The van der Waals surface area contributed by atoms with Gasteiger partial charge in [0.25, 0.3) is 0 Å². The minimum Gasteiger partial charge on any atom is -0.353 e. The summed E-state index contributed by atoms with van der Waals surface area (Å²) in [7, 11) is 0. The number of nitrogens with two attached hydrogens (primary N) is 1. The van der Waals surface area contributed by atoms with Crippen molar-refractivity contribution >= 4 is 5.91 Å². The van der Waals surface area contributed by atoms with Gasteiger partial charge in [-0.3, -0.25) is 9.69 Å². The van der Waals surface area contributed by atoms with Crippen molar-refractivity contribution in [3.05, 3.63) is 0 Å². The summed E-state index contributed by atoms with van der Waals surface area (Å²) in [4.78, 5) is 14.1. The van der Waals surface area contributed by atoms with E-state index in [9.17, 15) is 4.79 Å². The molecule has 15 heavy (non-hydrogen) atoms. The maximum absolute atomic E-state index is 11.8. The van der Waals surface area contributed by atoms with Crippen molar-refractivity contribution in [3.63, 3.8) is 0 Å². The summed E-state index contributed by atoms with van der Waals surface area (Å²) in [5.41, 5.74) is 5.58. The SMILES string of the molecule is CC1CNC(=O)C(CCN)N1C(C)(C)C. The topological polar surface area (TPSA) is 58.4 Å². The molecule has 4 heteroatoms. The average Bonchev–Trinajstić information content (AvgIpc) is 2.09. The molecule has 0 spiro atoms. The van der Waals surface area contributed by atoms with E-state index in [2.05, 4.69) is 37.9 Å². The van der Waals surface area contributed by atoms with E-state index in [4.69, 9.17) is 5.73 Å². The third-order valence-corrected chi connectivity index (χ3v) is 2.90. The van der Waals surface area contributed by atoms with Gasteiger partial charge >= 0.3 is 0 Å². The highest BCUT2D eigenvalue weighted by Crippen LogP contribution is 2.24. The average molecular weight is 213 g/mol. The smallest absolute Gasteiger partial charge is 0.237 e. The van der Waals surface area contributed by atoms with Crippen LogP contribution in [0.15, 0.2) is 0 Å². The Morgan fingerprint density at radius 1 is 1.53 bits per heavy atom. The number of carbonyl (C=O) groups is 1. The molecule has 1 amide bonds. The van der Waals surface area contributed by atoms with Gasteiger partial charge in [0.15, 0.2) is 0 Å². The van der Waals surface area contributed by atoms with Crippen molar-refractivity contribution in [2.75, 3.05) is 13.1 Å². The van der Waals surface area contributed by atoms with Gasteiger partial charge in [-0.05, 0) is 40.7 Å². The molecular formula is C11H23N3O. The van der Waals surface area contributed by atoms with Crippen LogP contribution in [0, 0.1) is 0 Å². The Hall–Kier alpha value is -0.610. The van der Waals surface area contributed by atoms with Gasteiger partial charge in [-0.1, -0.05) is 0 Å². The van der Waals surface area contributed by atoms with Crippen LogP contribution >= 0.6 is 0 Å². The zero-order chi connectivity index (χ0) is 11.6. The van der Waals surface area contributed by atoms with Crippen LogP contribution < -0.4 is 11.1 Å². The Morgan fingerprint density at radius 2 is 2.13 bits per heavy atom. The minimum atomic E-state index is -0.0706. The highest BCUT2D eigenvalue weighted by molar-refractivity contribution is 5.82. The minimum absolute atomic E-state index is 0.0109. The standard InChI is InChI=1S/C11H23N3O/c1-8-7-13-10(15)9(5-6-12)14(8)11(2,3)4/h8-9H,5-7,12H2,1-4H3,(H,13,15). The molecule has 0 saturated carbocycles. The van der Waals surface area contributed by atoms with Gasteiger partial charge in [-0.2, -0.15) is 0 Å². The molecule has 1 aliphatic rings. The van der Waals surface area contributed by atoms with E-state index in [1.807, 2.05) is 0 Å². The molecule has 1 saturated heterocycles. The molecule has 1 rings (SSSR count). The van der Waals surface area contributed by atoms with Crippen LogP contribution in [-0.2, 0) is 4.79 Å². The molecule has 1 fully saturated rings. The molecule has 0 aliphatic carbocycles. The third-order valence-electron chi connectivity index (χ3n) is 2.90. The van der Waals surface area contributed by atoms with Crippen LogP contribution in [0.1, 0.15) is 34.1 Å². The van der Waals surface area contributed by atoms with Crippen LogP contribution in [0.4, 0.5) is 0 Å². The van der Waals surface area contributed by atoms with Crippen molar-refractivity contribution in [2.24, 2.45) is 5.73 Å². The highest BCUT2D eigenvalue weighted by atomic mass is 16.2. The van der Waals surface area contributed by atoms with Crippen molar-refractivity contribution in [1.82, 2.24) is 10.2 Å². The quantitative estimate of drug-likeness (QED) is 0.694. The van der Waals surface area contributed by atoms with Crippen LogP contribution in [0.2, 0.25) is 0 Å². The summed E-state index contributed by atoms with van der Waals surface area (Å²) >= 11 is 0. The van der Waals surface area contributed by atoms with Gasteiger partial charge in [-0.15, -0.1) is 0 Å². The van der Waals surface area contributed by atoms with Gasteiger partial charge in [0.05, 0.1) is 6.04 Å². The molecule has 0 aromatic carbocycles. The molecule has 2 atom stereocenters. The summed E-state index contributed by atoms with van der Waals surface area (Å²) in [5, 5.41) is 2.93. The summed E-state index contributed by atoms with van der Waals surface area (Å²) < 4.78 is 0. The Bertz CT molecular complexity index is 234. The van der Waals surface area contributed by atoms with Crippen molar-refractivity contribution in [1.29, 1.82) is 0 Å². The Morgan fingerprint density at radius 3 is 2.60 bits per heavy atom. The lowest BCUT2D eigenvalue weighted by molar-refractivity contribution is -0.135. The predicted molar refractivity (Wildman–Crippen MR) is 61.5 cm³/mol. The molecule has 3 N–H and O–H groups in total. The van der Waals surface area contributed by atoms with E-state index >= 15 is 0 Å². The Kier molecular flexibility index (Phi) is 3.73. The lowest BCUT2D eigenvalue weighted by Crippen LogP contribution is -2.65. The predicted octanol–water partition coefficient (Wildman–Crippen LogP) is 0.323. The fourth-order valence-electron chi connectivity index (χ4n) is 2.45. The summed E-state index contributed by atoms with van der Waals surface area (Å²) in [6.07, 6.45) is 0.730. The fourth-order valence-corrected chi connectivity index (χ4v) is 2.45. The number of carbonyl (C=O) groups excluding carboxylic acids is 1. The van der Waals surface area contributed by atoms with Gasteiger partial charge in [0, 0.05) is 18.1 Å². The second kappa shape index (κ2) is 4.49. The number of hydrogen-bond donors (Lipinski definition) is 2. The first kappa shape index (κ1) is 12.5. The number of amides is 1. The molecule has 0 aromatic rings. The van der Waals surface area contributed by atoms with E-state index in [1.54, 1.807) is 0 Å². The van der Waals surface area contributed by atoms with Crippen molar-refractivity contribution < 1.29 is 4.79 Å². The van der Waals surface area contributed by atoms with E-state index in [1.165, 1.54) is 0 Å². The lowest BCUT2D eigenvalue weighted by Gasteiger charge is -2.48. The van der Waals surface area contributed by atoms with Crippen LogP contribution in [0.25, 0.3) is 0 Å². The molecule has 1 heterocycles. The maximum atomic E-state index is 11.8. The van der Waals surface area contributed by atoms with Crippen molar-refractivity contribution in [3.8, 4) is 0 Å². The first-order valence-corrected chi connectivity index (χ1v) is 5.64. The monoisotopic (exact) mass is 213 g/mol. The van der Waals surface area contributed by atoms with Crippen molar-refractivity contribution in [2.45, 2.75) is 51.7 Å². The molecule has 1 aliphatic heterocycles.